The first kappa shape index (κ1) is 13.4. The van der Waals surface area contributed by atoms with E-state index in [2.05, 4.69) is 15.4 Å². The van der Waals surface area contributed by atoms with Crippen molar-refractivity contribution in [1.29, 1.82) is 0 Å². The van der Waals surface area contributed by atoms with Crippen LogP contribution in [0, 0.1) is 5.92 Å². The molecule has 1 aromatic rings. The Morgan fingerprint density at radius 1 is 1.36 bits per heavy atom. The van der Waals surface area contributed by atoms with Crippen molar-refractivity contribution in [2.45, 2.75) is 37.7 Å². The molecular formula is C15H16N4O3. The summed E-state index contributed by atoms with van der Waals surface area (Å²) >= 11 is 0. The largest absolute Gasteiger partial charge is 0.380 e. The number of carbonyl (C=O) groups is 2. The van der Waals surface area contributed by atoms with Crippen LogP contribution in [0.1, 0.15) is 32.1 Å². The van der Waals surface area contributed by atoms with Crippen LogP contribution < -0.4 is 10.3 Å². The van der Waals surface area contributed by atoms with Crippen molar-refractivity contribution in [3.63, 3.8) is 0 Å². The molecule has 2 saturated carbocycles. The Labute approximate surface area is 127 Å². The SMILES string of the molecule is O=C1CC(C2CC2)=NN1c1ccc(NC(=O)C2(O)CC2)cn1. The van der Waals surface area contributed by atoms with Crippen LogP contribution in [0.25, 0.3) is 0 Å². The highest BCUT2D eigenvalue weighted by atomic mass is 16.3. The van der Waals surface area contributed by atoms with Gasteiger partial charge in [-0.3, -0.25) is 9.59 Å². The minimum Gasteiger partial charge on any atom is -0.380 e. The molecule has 0 unspecified atom stereocenters. The third-order valence-corrected chi connectivity index (χ3v) is 4.21. The quantitative estimate of drug-likeness (QED) is 0.868. The number of aliphatic hydroxyl groups is 1. The Morgan fingerprint density at radius 2 is 2.14 bits per heavy atom. The number of hydrazone groups is 1. The number of nitrogens with zero attached hydrogens (tertiary/aromatic N) is 3. The first-order chi connectivity index (χ1) is 10.5. The topological polar surface area (TPSA) is 94.9 Å². The summed E-state index contributed by atoms with van der Waals surface area (Å²) in [4.78, 5) is 27.9. The number of hydrogen-bond acceptors (Lipinski definition) is 5. The van der Waals surface area contributed by atoms with E-state index in [1.54, 1.807) is 12.1 Å². The molecule has 0 radical (unpaired) electrons. The lowest BCUT2D eigenvalue weighted by atomic mass is 10.2. The maximum atomic E-state index is 12.0. The molecule has 114 valence electrons. The fourth-order valence-corrected chi connectivity index (χ4v) is 2.45. The van der Waals surface area contributed by atoms with Gasteiger partial charge in [0.15, 0.2) is 5.82 Å². The summed E-state index contributed by atoms with van der Waals surface area (Å²) in [5.74, 6) is 0.433. The molecular weight excluding hydrogens is 284 g/mol. The van der Waals surface area contributed by atoms with Gasteiger partial charge < -0.3 is 10.4 Å². The van der Waals surface area contributed by atoms with Crippen LogP contribution in [-0.2, 0) is 9.59 Å². The summed E-state index contributed by atoms with van der Waals surface area (Å²) in [6.07, 6.45) is 5.05. The van der Waals surface area contributed by atoms with Gasteiger partial charge in [0.1, 0.15) is 5.60 Å². The van der Waals surface area contributed by atoms with E-state index in [4.69, 9.17) is 0 Å². The van der Waals surface area contributed by atoms with Crippen molar-refractivity contribution in [2.24, 2.45) is 11.0 Å². The van der Waals surface area contributed by atoms with Crippen molar-refractivity contribution < 1.29 is 14.7 Å². The fraction of sp³-hybridized carbons (Fsp3) is 0.467. The molecule has 3 aliphatic rings. The van der Waals surface area contributed by atoms with E-state index in [9.17, 15) is 14.7 Å². The van der Waals surface area contributed by atoms with Crippen LogP contribution in [0.5, 0.6) is 0 Å². The molecule has 0 bridgehead atoms. The van der Waals surface area contributed by atoms with E-state index < -0.39 is 11.5 Å². The first-order valence-corrected chi connectivity index (χ1v) is 7.45. The molecule has 22 heavy (non-hydrogen) atoms. The molecule has 2 amide bonds. The number of rotatable bonds is 4. The number of amides is 2. The minimum absolute atomic E-state index is 0.0709. The second kappa shape index (κ2) is 4.61. The van der Waals surface area contributed by atoms with E-state index in [1.807, 2.05) is 0 Å². The molecule has 0 saturated heterocycles. The average Bonchev–Trinajstić information content (AvgIpc) is 3.42. The molecule has 0 aromatic carbocycles. The standard InChI is InChI=1S/C15H16N4O3/c20-13-7-11(9-1-2-9)18-19(13)12-4-3-10(8-16-12)17-14(21)15(22)5-6-15/h3-4,8-9,22H,1-2,5-7H2,(H,17,21). The summed E-state index contributed by atoms with van der Waals surface area (Å²) in [6, 6.07) is 3.30. The number of pyridine rings is 1. The fourth-order valence-electron chi connectivity index (χ4n) is 2.45. The van der Waals surface area contributed by atoms with E-state index in [0.29, 0.717) is 36.7 Å². The molecule has 1 aromatic heterocycles. The molecule has 7 heteroatoms. The van der Waals surface area contributed by atoms with Gasteiger partial charge in [0, 0.05) is 0 Å². The summed E-state index contributed by atoms with van der Waals surface area (Å²) < 4.78 is 0. The molecule has 7 nitrogen and oxygen atoms in total. The lowest BCUT2D eigenvalue weighted by Gasteiger charge is -2.12. The van der Waals surface area contributed by atoms with Gasteiger partial charge in [-0.05, 0) is 43.7 Å². The minimum atomic E-state index is -1.22. The summed E-state index contributed by atoms with van der Waals surface area (Å²) in [5, 5.41) is 18.0. The van der Waals surface area contributed by atoms with Crippen LogP contribution in [0.15, 0.2) is 23.4 Å². The van der Waals surface area contributed by atoms with Crippen LogP contribution in [0.3, 0.4) is 0 Å². The normalized spacial score (nSPS) is 22.5. The second-order valence-corrected chi connectivity index (χ2v) is 6.14. The number of carbonyl (C=O) groups excluding carboxylic acids is 2. The summed E-state index contributed by atoms with van der Waals surface area (Å²) in [6.45, 7) is 0. The Hall–Kier alpha value is -2.28. The van der Waals surface area contributed by atoms with Crippen LogP contribution in [0.4, 0.5) is 11.5 Å². The zero-order chi connectivity index (χ0) is 15.3. The highest BCUT2D eigenvalue weighted by molar-refractivity contribution is 6.14. The van der Waals surface area contributed by atoms with Crippen LogP contribution >= 0.6 is 0 Å². The second-order valence-electron chi connectivity index (χ2n) is 6.14. The molecule has 1 aliphatic heterocycles. The summed E-state index contributed by atoms with van der Waals surface area (Å²) in [5.41, 5.74) is 0.222. The molecule has 4 rings (SSSR count). The van der Waals surface area contributed by atoms with E-state index in [-0.39, 0.29) is 5.91 Å². The van der Waals surface area contributed by atoms with Gasteiger partial charge in [-0.2, -0.15) is 10.1 Å². The molecule has 0 spiro atoms. The third-order valence-electron chi connectivity index (χ3n) is 4.21. The van der Waals surface area contributed by atoms with Crippen molar-refractivity contribution in [2.75, 3.05) is 10.3 Å². The zero-order valence-electron chi connectivity index (χ0n) is 12.0. The first-order valence-electron chi connectivity index (χ1n) is 7.45. The lowest BCUT2D eigenvalue weighted by molar-refractivity contribution is -0.126. The zero-order valence-corrected chi connectivity index (χ0v) is 12.0. The maximum Gasteiger partial charge on any atom is 0.256 e. The van der Waals surface area contributed by atoms with Crippen LogP contribution in [-0.4, -0.2) is 33.2 Å². The van der Waals surface area contributed by atoms with Crippen molar-refractivity contribution in [3.05, 3.63) is 18.3 Å². The predicted octanol–water partition coefficient (Wildman–Crippen LogP) is 1.05. The Morgan fingerprint density at radius 3 is 2.73 bits per heavy atom. The average molecular weight is 300 g/mol. The molecule has 2 aliphatic carbocycles. The van der Waals surface area contributed by atoms with Gasteiger partial charge in [-0.15, -0.1) is 0 Å². The van der Waals surface area contributed by atoms with Crippen LogP contribution in [0.2, 0.25) is 0 Å². The summed E-state index contributed by atoms with van der Waals surface area (Å²) in [7, 11) is 0. The number of nitrogens with one attached hydrogen (secondary N) is 1. The Bertz CT molecular complexity index is 675. The number of anilines is 2. The highest BCUT2D eigenvalue weighted by Gasteiger charge is 2.48. The van der Waals surface area contributed by atoms with Gasteiger partial charge >= 0.3 is 0 Å². The maximum absolute atomic E-state index is 12.0. The van der Waals surface area contributed by atoms with Crippen molar-refractivity contribution in [3.8, 4) is 0 Å². The number of hydrogen-bond donors (Lipinski definition) is 2. The van der Waals surface area contributed by atoms with Gasteiger partial charge in [0.05, 0.1) is 24.0 Å². The Kier molecular flexibility index (Phi) is 2.80. The number of aromatic nitrogens is 1. The van der Waals surface area contributed by atoms with Gasteiger partial charge in [-0.1, -0.05) is 0 Å². The predicted molar refractivity (Wildman–Crippen MR) is 79.3 cm³/mol. The molecule has 2 heterocycles. The lowest BCUT2D eigenvalue weighted by Crippen LogP contribution is -2.29. The van der Waals surface area contributed by atoms with E-state index in [1.165, 1.54) is 11.2 Å². The van der Waals surface area contributed by atoms with E-state index in [0.717, 1.165) is 18.6 Å². The molecule has 0 atom stereocenters. The third kappa shape index (κ3) is 2.37. The van der Waals surface area contributed by atoms with Gasteiger partial charge in [0.2, 0.25) is 0 Å². The van der Waals surface area contributed by atoms with Crippen molar-refractivity contribution in [1.82, 2.24) is 4.98 Å². The Balaban J connectivity index is 1.47. The van der Waals surface area contributed by atoms with Gasteiger partial charge in [-0.25, -0.2) is 4.98 Å². The van der Waals surface area contributed by atoms with Crippen molar-refractivity contribution >= 4 is 29.0 Å². The smallest absolute Gasteiger partial charge is 0.256 e. The molecule has 2 fully saturated rings. The highest BCUT2D eigenvalue weighted by Crippen LogP contribution is 2.36. The van der Waals surface area contributed by atoms with E-state index >= 15 is 0 Å². The monoisotopic (exact) mass is 300 g/mol. The molecule has 2 N–H and O–H groups in total. The van der Waals surface area contributed by atoms with Gasteiger partial charge in [0.25, 0.3) is 11.8 Å².